The highest BCUT2D eigenvalue weighted by Crippen LogP contribution is 2.42. The van der Waals surface area contributed by atoms with Gasteiger partial charge in [-0.2, -0.15) is 0 Å². The summed E-state index contributed by atoms with van der Waals surface area (Å²) in [6.45, 7) is 7.70. The summed E-state index contributed by atoms with van der Waals surface area (Å²) in [5.41, 5.74) is 2.27. The minimum atomic E-state index is -0.885. The van der Waals surface area contributed by atoms with Gasteiger partial charge in [-0.15, -0.1) is 17.0 Å². The fourth-order valence-electron chi connectivity index (χ4n) is 5.48. The van der Waals surface area contributed by atoms with Crippen LogP contribution in [0.15, 0.2) is 18.2 Å². The lowest BCUT2D eigenvalue weighted by Gasteiger charge is -2.30. The summed E-state index contributed by atoms with van der Waals surface area (Å²) in [5, 5.41) is 17.7. The number of rotatable bonds is 12. The van der Waals surface area contributed by atoms with Gasteiger partial charge in [0, 0.05) is 44.3 Å². The molecule has 2 aromatic rings. The molecule has 0 bridgehead atoms. The Labute approximate surface area is 262 Å². The van der Waals surface area contributed by atoms with E-state index in [2.05, 4.69) is 4.90 Å². The number of carboxylic acids is 1. The highest BCUT2D eigenvalue weighted by molar-refractivity contribution is 8.93. The average molecular weight is 667 g/mol. The Morgan fingerprint density at radius 2 is 1.84 bits per heavy atom. The molecule has 0 aromatic heterocycles. The fourth-order valence-corrected chi connectivity index (χ4v) is 5.48. The van der Waals surface area contributed by atoms with Crippen LogP contribution in [0.2, 0.25) is 0 Å². The molecule has 0 saturated carbocycles. The monoisotopic (exact) mass is 665 g/mol. The van der Waals surface area contributed by atoms with Crippen LogP contribution in [0.5, 0.6) is 17.2 Å². The second-order valence-corrected chi connectivity index (χ2v) is 11.6. The Morgan fingerprint density at radius 1 is 1.12 bits per heavy atom. The molecule has 1 unspecified atom stereocenters. The molecule has 12 heteroatoms. The van der Waals surface area contributed by atoms with Gasteiger partial charge in [0.1, 0.15) is 11.6 Å². The van der Waals surface area contributed by atoms with Crippen LogP contribution in [-0.2, 0) is 21.5 Å². The zero-order valence-corrected chi connectivity index (χ0v) is 27.3. The highest BCUT2D eigenvalue weighted by atomic mass is 79.9. The molecule has 4 rings (SSSR count). The smallest absolute Gasteiger partial charge is 0.303 e. The average Bonchev–Trinajstić information content (AvgIpc) is 3.54. The van der Waals surface area contributed by atoms with Crippen LogP contribution in [0, 0.1) is 11.2 Å². The third-order valence-corrected chi connectivity index (χ3v) is 7.74. The molecule has 2 N–H and O–H groups in total. The van der Waals surface area contributed by atoms with Crippen molar-refractivity contribution >= 4 is 40.3 Å². The Morgan fingerprint density at radius 3 is 2.42 bits per heavy atom. The van der Waals surface area contributed by atoms with Crippen LogP contribution in [0.4, 0.5) is 10.1 Å². The number of methoxy groups -OCH3 is 3. The zero-order chi connectivity index (χ0) is 30.8. The summed E-state index contributed by atoms with van der Waals surface area (Å²) in [4.78, 5) is 28.5. The molecule has 2 aromatic carbocycles. The Balaban J connectivity index is 0.00000506. The van der Waals surface area contributed by atoms with E-state index in [9.17, 15) is 9.59 Å². The summed E-state index contributed by atoms with van der Waals surface area (Å²) in [5.74, 6) is -1.10. The maximum absolute atomic E-state index is 15.3. The third kappa shape index (κ3) is 7.23. The van der Waals surface area contributed by atoms with Crippen LogP contribution >= 0.6 is 17.0 Å². The van der Waals surface area contributed by atoms with Gasteiger partial charge in [0.15, 0.2) is 23.1 Å². The number of nitrogens with one attached hydrogen (secondary N) is 1. The maximum Gasteiger partial charge on any atom is 0.303 e. The molecule has 1 atom stereocenters. The number of carbonyl (C=O) groups excluding carboxylic acids is 1. The van der Waals surface area contributed by atoms with E-state index in [0.717, 1.165) is 17.7 Å². The lowest BCUT2D eigenvalue weighted by molar-refractivity contribution is -0.137. The number of Topliss-reactive ketones (excluding diaryl/α,β-unsaturated/α-hetero) is 1. The molecular formula is C31H41BrFN3O7. The summed E-state index contributed by atoms with van der Waals surface area (Å²) in [7, 11) is 4.44. The number of ketones is 1. The number of ether oxygens (including phenoxy) is 4. The first-order valence-electron chi connectivity index (χ1n) is 14.0. The first-order valence-corrected chi connectivity index (χ1v) is 14.0. The van der Waals surface area contributed by atoms with E-state index in [1.165, 1.54) is 14.2 Å². The zero-order valence-electron chi connectivity index (χ0n) is 25.5. The van der Waals surface area contributed by atoms with Crippen LogP contribution < -0.4 is 19.1 Å². The Bertz CT molecular complexity index is 1380. The van der Waals surface area contributed by atoms with Gasteiger partial charge in [-0.3, -0.25) is 15.0 Å². The van der Waals surface area contributed by atoms with Crippen LogP contribution in [0.25, 0.3) is 0 Å². The van der Waals surface area contributed by atoms with Gasteiger partial charge in [-0.25, -0.2) is 4.39 Å². The molecule has 43 heavy (non-hydrogen) atoms. The van der Waals surface area contributed by atoms with E-state index < -0.39 is 17.2 Å². The number of hydrogen-bond acceptors (Lipinski definition) is 8. The quantitative estimate of drug-likeness (QED) is 0.232. The second kappa shape index (κ2) is 13.9. The molecule has 1 fully saturated rings. The molecule has 0 radical (unpaired) electrons. The molecule has 0 aliphatic carbocycles. The molecular weight excluding hydrogens is 625 g/mol. The largest absolute Gasteiger partial charge is 0.493 e. The Kier molecular flexibility index (Phi) is 11.1. The number of halogens is 2. The van der Waals surface area contributed by atoms with Gasteiger partial charge in [0.25, 0.3) is 0 Å². The first kappa shape index (κ1) is 34.1. The summed E-state index contributed by atoms with van der Waals surface area (Å²) in [6.07, 6.45) is 1.20. The van der Waals surface area contributed by atoms with E-state index in [4.69, 9.17) is 29.5 Å². The van der Waals surface area contributed by atoms with Crippen molar-refractivity contribution in [1.82, 2.24) is 4.90 Å². The third-order valence-electron chi connectivity index (χ3n) is 7.74. The van der Waals surface area contributed by atoms with E-state index in [0.29, 0.717) is 36.4 Å². The van der Waals surface area contributed by atoms with Crippen LogP contribution in [0.1, 0.15) is 67.1 Å². The van der Waals surface area contributed by atoms with Crippen molar-refractivity contribution in [3.63, 3.8) is 0 Å². The minimum Gasteiger partial charge on any atom is -0.493 e. The number of fused-ring (bicyclic) bond motifs is 1. The topological polar surface area (TPSA) is 122 Å². The van der Waals surface area contributed by atoms with Crippen molar-refractivity contribution < 1.29 is 38.0 Å². The fraction of sp³-hybridized carbons (Fsp3) is 0.516. The molecule has 2 aliphatic rings. The number of anilines is 1. The number of benzene rings is 2. The summed E-state index contributed by atoms with van der Waals surface area (Å²) >= 11 is 0. The predicted octanol–water partition coefficient (Wildman–Crippen LogP) is 5.21. The van der Waals surface area contributed by atoms with Gasteiger partial charge in [0.05, 0.1) is 44.7 Å². The van der Waals surface area contributed by atoms with E-state index in [-0.39, 0.29) is 77.9 Å². The number of hydrogen-bond donors (Lipinski definition) is 2. The number of carboxylic acid groups (broad SMARTS) is 1. The van der Waals surface area contributed by atoms with Crippen molar-refractivity contribution in [3.05, 3.63) is 46.3 Å². The van der Waals surface area contributed by atoms with Crippen LogP contribution in [-0.4, -0.2) is 81.3 Å². The number of amidine groups is 1. The molecule has 236 valence electrons. The molecule has 2 heterocycles. The van der Waals surface area contributed by atoms with Crippen molar-refractivity contribution in [2.24, 2.45) is 0 Å². The molecule has 2 aliphatic heterocycles. The van der Waals surface area contributed by atoms with E-state index in [1.807, 2.05) is 32.9 Å². The predicted molar refractivity (Wildman–Crippen MR) is 167 cm³/mol. The van der Waals surface area contributed by atoms with Crippen molar-refractivity contribution in [1.29, 1.82) is 5.41 Å². The summed E-state index contributed by atoms with van der Waals surface area (Å²) < 4.78 is 37.5. The van der Waals surface area contributed by atoms with Crippen molar-refractivity contribution in [2.75, 3.05) is 52.5 Å². The highest BCUT2D eigenvalue weighted by Gasteiger charge is 2.34. The lowest BCUT2D eigenvalue weighted by Crippen LogP contribution is -2.31. The van der Waals surface area contributed by atoms with E-state index >= 15 is 4.39 Å². The standard InChI is InChI=1S/C31H40FN3O7.BrH/c1-31(2,3)21-12-18(13-22(34-10-9-20(16-34)39-4)28(21)42-11-7-8-25(37)38)23(36)17-35-15-19-14-24(40-5)29(41-6)27(32)26(19)30(35)33;/h12-14,20,33H,7-11,15-17H2,1-6H3,(H,37,38);1H. The molecule has 0 spiro atoms. The first-order chi connectivity index (χ1) is 19.9. The number of aliphatic carboxylic acids is 1. The van der Waals surface area contributed by atoms with Gasteiger partial charge in [-0.1, -0.05) is 20.8 Å². The lowest BCUT2D eigenvalue weighted by atomic mass is 9.84. The number of nitrogens with zero attached hydrogens (tertiary/aromatic N) is 2. The summed E-state index contributed by atoms with van der Waals surface area (Å²) in [6, 6.07) is 5.27. The van der Waals surface area contributed by atoms with Gasteiger partial charge in [-0.05, 0) is 42.0 Å². The minimum absolute atomic E-state index is 0. The SMILES string of the molecule is Br.COc1cc2c(c(F)c1OC)C(=N)N(CC(=O)c1cc(N3CCC(OC)C3)c(OCCCC(=O)O)c(C(C)(C)C)c1)C2. The molecule has 1 saturated heterocycles. The second-order valence-electron chi connectivity index (χ2n) is 11.6. The van der Waals surface area contributed by atoms with Crippen LogP contribution in [0.3, 0.4) is 0 Å². The van der Waals surface area contributed by atoms with Crippen molar-refractivity contribution in [3.8, 4) is 17.2 Å². The van der Waals surface area contributed by atoms with Gasteiger partial charge < -0.3 is 33.9 Å². The Hall–Kier alpha value is -3.38. The van der Waals surface area contributed by atoms with Crippen molar-refractivity contribution in [2.45, 2.75) is 58.1 Å². The number of carbonyl (C=O) groups is 2. The molecule has 0 amide bonds. The van der Waals surface area contributed by atoms with Gasteiger partial charge >= 0.3 is 5.97 Å². The maximum atomic E-state index is 15.3. The molecule has 10 nitrogen and oxygen atoms in total. The normalized spacial score (nSPS) is 16.2. The van der Waals surface area contributed by atoms with E-state index in [1.54, 1.807) is 18.1 Å². The van der Waals surface area contributed by atoms with Gasteiger partial charge in [0.2, 0.25) is 0 Å².